The van der Waals surface area contributed by atoms with E-state index in [0.29, 0.717) is 6.42 Å². The maximum absolute atomic E-state index is 12.1. The van der Waals surface area contributed by atoms with E-state index in [1.165, 1.54) is 0 Å². The first-order chi connectivity index (χ1) is 8.31. The van der Waals surface area contributed by atoms with Gasteiger partial charge >= 0.3 is 5.97 Å². The zero-order valence-electron chi connectivity index (χ0n) is 12.1. The molecule has 0 saturated carbocycles. The van der Waals surface area contributed by atoms with Crippen molar-refractivity contribution < 1.29 is 14.7 Å². The van der Waals surface area contributed by atoms with Crippen molar-refractivity contribution in [2.75, 3.05) is 14.1 Å². The lowest BCUT2D eigenvalue weighted by Crippen LogP contribution is -2.51. The second kappa shape index (κ2) is 8.08. The van der Waals surface area contributed by atoms with Gasteiger partial charge in [0.05, 0.1) is 6.04 Å². The highest BCUT2D eigenvalue weighted by Crippen LogP contribution is 2.09. The molecule has 5 nitrogen and oxygen atoms in total. The van der Waals surface area contributed by atoms with Crippen LogP contribution in [0.3, 0.4) is 0 Å². The molecular formula is C13H26N2O3. The van der Waals surface area contributed by atoms with Crippen molar-refractivity contribution in [1.29, 1.82) is 0 Å². The molecule has 0 aromatic carbocycles. The van der Waals surface area contributed by atoms with Crippen molar-refractivity contribution in [2.45, 2.75) is 52.1 Å². The number of carboxylic acids is 1. The van der Waals surface area contributed by atoms with E-state index in [0.717, 1.165) is 12.8 Å². The van der Waals surface area contributed by atoms with Crippen molar-refractivity contribution in [2.24, 2.45) is 5.92 Å². The van der Waals surface area contributed by atoms with Crippen molar-refractivity contribution in [3.63, 3.8) is 0 Å². The van der Waals surface area contributed by atoms with E-state index >= 15 is 0 Å². The van der Waals surface area contributed by atoms with Gasteiger partial charge in [0.1, 0.15) is 6.04 Å². The molecule has 0 aromatic rings. The Balaban J connectivity index is 4.61. The zero-order valence-corrected chi connectivity index (χ0v) is 12.1. The number of unbranched alkanes of at least 4 members (excludes halogenated alkanes) is 1. The van der Waals surface area contributed by atoms with Gasteiger partial charge in [-0.1, -0.05) is 33.6 Å². The number of aliphatic carboxylic acids is 1. The minimum Gasteiger partial charge on any atom is -0.480 e. The van der Waals surface area contributed by atoms with Crippen LogP contribution in [0.25, 0.3) is 0 Å². The van der Waals surface area contributed by atoms with E-state index in [1.54, 1.807) is 0 Å². The predicted octanol–water partition coefficient (Wildman–Crippen LogP) is 1.33. The second-order valence-electron chi connectivity index (χ2n) is 5.19. The lowest BCUT2D eigenvalue weighted by molar-refractivity contribution is -0.143. The Labute approximate surface area is 110 Å². The molecule has 2 N–H and O–H groups in total. The third-order valence-corrected chi connectivity index (χ3v) is 2.92. The van der Waals surface area contributed by atoms with Crippen LogP contribution >= 0.6 is 0 Å². The largest absolute Gasteiger partial charge is 0.480 e. The summed E-state index contributed by atoms with van der Waals surface area (Å²) < 4.78 is 0. The molecule has 0 unspecified atom stereocenters. The maximum Gasteiger partial charge on any atom is 0.326 e. The summed E-state index contributed by atoms with van der Waals surface area (Å²) in [5.41, 5.74) is 0. The average molecular weight is 258 g/mol. The van der Waals surface area contributed by atoms with Crippen LogP contribution < -0.4 is 5.32 Å². The van der Waals surface area contributed by atoms with Gasteiger partial charge in [0.2, 0.25) is 5.91 Å². The van der Waals surface area contributed by atoms with Crippen molar-refractivity contribution >= 4 is 11.9 Å². The third-order valence-electron chi connectivity index (χ3n) is 2.92. The highest BCUT2D eigenvalue weighted by molar-refractivity contribution is 5.87. The number of hydrogen-bond donors (Lipinski definition) is 2. The Kier molecular flexibility index (Phi) is 7.59. The van der Waals surface area contributed by atoms with Crippen molar-refractivity contribution in [3.05, 3.63) is 0 Å². The number of likely N-dealkylation sites (N-methyl/N-ethyl adjacent to an activating group) is 1. The molecule has 1 amide bonds. The van der Waals surface area contributed by atoms with Gasteiger partial charge < -0.3 is 10.4 Å². The van der Waals surface area contributed by atoms with E-state index in [2.05, 4.69) is 5.32 Å². The molecule has 0 bridgehead atoms. The fourth-order valence-corrected chi connectivity index (χ4v) is 2.06. The Morgan fingerprint density at radius 2 is 1.83 bits per heavy atom. The number of rotatable bonds is 8. The van der Waals surface area contributed by atoms with E-state index in [4.69, 9.17) is 5.11 Å². The van der Waals surface area contributed by atoms with Crippen molar-refractivity contribution in [1.82, 2.24) is 10.2 Å². The molecule has 0 radical (unpaired) electrons. The summed E-state index contributed by atoms with van der Waals surface area (Å²) in [6, 6.07) is -1.08. The first-order valence-electron chi connectivity index (χ1n) is 6.50. The van der Waals surface area contributed by atoms with Crippen molar-refractivity contribution in [3.8, 4) is 0 Å². The SMILES string of the molecule is CCCC[C@H](NC(=O)[C@@H](C(C)C)N(C)C)C(=O)O. The minimum absolute atomic E-state index is 0.139. The Morgan fingerprint density at radius 3 is 2.17 bits per heavy atom. The van der Waals surface area contributed by atoms with Gasteiger partial charge in [-0.25, -0.2) is 4.79 Å². The monoisotopic (exact) mass is 258 g/mol. The summed E-state index contributed by atoms with van der Waals surface area (Å²) in [5, 5.41) is 11.7. The molecule has 18 heavy (non-hydrogen) atoms. The summed E-state index contributed by atoms with van der Waals surface area (Å²) in [7, 11) is 3.65. The number of amides is 1. The minimum atomic E-state index is -0.960. The average Bonchev–Trinajstić information content (AvgIpc) is 2.22. The Morgan fingerprint density at radius 1 is 1.28 bits per heavy atom. The lowest BCUT2D eigenvalue weighted by atomic mass is 10.0. The van der Waals surface area contributed by atoms with Crippen LogP contribution in [-0.2, 0) is 9.59 Å². The standard InChI is InChI=1S/C13H26N2O3/c1-6-7-8-10(13(17)18)14-12(16)11(9(2)3)15(4)5/h9-11H,6-8H2,1-5H3,(H,14,16)(H,17,18)/t10-,11+/m0/s1. The molecule has 0 saturated heterocycles. The van der Waals surface area contributed by atoms with Crippen LogP contribution in [0.1, 0.15) is 40.0 Å². The van der Waals surface area contributed by atoms with Crippen LogP contribution in [0.15, 0.2) is 0 Å². The van der Waals surface area contributed by atoms with Crippen LogP contribution in [0, 0.1) is 5.92 Å². The summed E-state index contributed by atoms with van der Waals surface area (Å²) in [4.78, 5) is 25.0. The molecule has 0 heterocycles. The molecule has 106 valence electrons. The summed E-state index contributed by atoms with van der Waals surface area (Å²) in [5.74, 6) is -1.03. The third kappa shape index (κ3) is 5.49. The topological polar surface area (TPSA) is 69.6 Å². The number of nitrogens with one attached hydrogen (secondary N) is 1. The predicted molar refractivity (Wildman–Crippen MR) is 71.4 cm³/mol. The van der Waals surface area contributed by atoms with Gasteiger partial charge in [0, 0.05) is 0 Å². The highest BCUT2D eigenvalue weighted by atomic mass is 16.4. The smallest absolute Gasteiger partial charge is 0.326 e. The molecule has 0 aliphatic heterocycles. The maximum atomic E-state index is 12.1. The van der Waals surface area contributed by atoms with Crippen LogP contribution in [-0.4, -0.2) is 48.1 Å². The fraction of sp³-hybridized carbons (Fsp3) is 0.846. The van der Waals surface area contributed by atoms with Gasteiger partial charge in [0.25, 0.3) is 0 Å². The van der Waals surface area contributed by atoms with Gasteiger partial charge in [-0.2, -0.15) is 0 Å². The summed E-state index contributed by atoms with van der Waals surface area (Å²) >= 11 is 0. The second-order valence-corrected chi connectivity index (χ2v) is 5.19. The van der Waals surface area contributed by atoms with Gasteiger partial charge in [-0.3, -0.25) is 9.69 Å². The molecule has 2 atom stereocenters. The van der Waals surface area contributed by atoms with Gasteiger partial charge in [0.15, 0.2) is 0 Å². The molecule has 0 aromatic heterocycles. The molecular weight excluding hydrogens is 232 g/mol. The quantitative estimate of drug-likeness (QED) is 0.689. The van der Waals surface area contributed by atoms with E-state index in [-0.39, 0.29) is 17.9 Å². The van der Waals surface area contributed by atoms with Crippen LogP contribution in [0.2, 0.25) is 0 Å². The number of carbonyl (C=O) groups is 2. The molecule has 5 heteroatoms. The molecule has 0 aliphatic carbocycles. The number of carboxylic acid groups (broad SMARTS) is 1. The number of carbonyl (C=O) groups excluding carboxylic acids is 1. The Hall–Kier alpha value is -1.10. The first-order valence-corrected chi connectivity index (χ1v) is 6.50. The van der Waals surface area contributed by atoms with E-state index in [9.17, 15) is 9.59 Å². The normalized spacial score (nSPS) is 14.6. The van der Waals surface area contributed by atoms with E-state index < -0.39 is 12.0 Å². The fourth-order valence-electron chi connectivity index (χ4n) is 2.06. The summed E-state index contributed by atoms with van der Waals surface area (Å²) in [6.45, 7) is 5.90. The first kappa shape index (κ1) is 16.9. The highest BCUT2D eigenvalue weighted by Gasteiger charge is 2.28. The zero-order chi connectivity index (χ0) is 14.3. The number of nitrogens with zero attached hydrogens (tertiary/aromatic N) is 1. The molecule has 0 spiro atoms. The van der Waals surface area contributed by atoms with Gasteiger partial charge in [-0.05, 0) is 26.4 Å². The van der Waals surface area contributed by atoms with Gasteiger partial charge in [-0.15, -0.1) is 0 Å². The molecule has 0 aliphatic rings. The number of hydrogen-bond acceptors (Lipinski definition) is 3. The Bertz CT molecular complexity index is 269. The van der Waals surface area contributed by atoms with Crippen LogP contribution in [0.5, 0.6) is 0 Å². The molecule has 0 fully saturated rings. The van der Waals surface area contributed by atoms with E-state index in [1.807, 2.05) is 39.8 Å². The summed E-state index contributed by atoms with van der Waals surface area (Å²) in [6.07, 6.45) is 2.20. The van der Waals surface area contributed by atoms with Crippen LogP contribution in [0.4, 0.5) is 0 Å². The lowest BCUT2D eigenvalue weighted by Gasteiger charge is -2.28. The molecule has 0 rings (SSSR count).